The van der Waals surface area contributed by atoms with Gasteiger partial charge in [-0.15, -0.1) is 11.8 Å². The highest BCUT2D eigenvalue weighted by Crippen LogP contribution is 2.26. The summed E-state index contributed by atoms with van der Waals surface area (Å²) in [7, 11) is 0. The highest BCUT2D eigenvalue weighted by atomic mass is 32.2. The summed E-state index contributed by atoms with van der Waals surface area (Å²) in [6, 6.07) is 15.7. The maximum Gasteiger partial charge on any atom is 0.338 e. The monoisotopic (exact) mass is 272 g/mol. The fraction of sp³-hybridized carbons (Fsp3) is 0.188. The summed E-state index contributed by atoms with van der Waals surface area (Å²) in [6.45, 7) is 2.20. The number of carbonyl (C=O) groups excluding carboxylic acids is 1. The van der Waals surface area contributed by atoms with Gasteiger partial charge in [0.05, 0.1) is 12.2 Å². The van der Waals surface area contributed by atoms with Crippen LogP contribution in [0.5, 0.6) is 0 Å². The zero-order valence-electron chi connectivity index (χ0n) is 11.1. The lowest BCUT2D eigenvalue weighted by molar-refractivity contribution is 0.0527. The minimum Gasteiger partial charge on any atom is -0.462 e. The van der Waals surface area contributed by atoms with Gasteiger partial charge in [0.15, 0.2) is 0 Å². The van der Waals surface area contributed by atoms with Gasteiger partial charge in [0.2, 0.25) is 0 Å². The fourth-order valence-corrected chi connectivity index (χ4v) is 2.30. The van der Waals surface area contributed by atoms with Crippen molar-refractivity contribution in [2.45, 2.75) is 11.8 Å². The van der Waals surface area contributed by atoms with Crippen LogP contribution in [0.15, 0.2) is 53.4 Å². The van der Waals surface area contributed by atoms with Crippen LogP contribution in [0, 0.1) is 0 Å². The van der Waals surface area contributed by atoms with Gasteiger partial charge in [-0.2, -0.15) is 0 Å². The first-order valence-electron chi connectivity index (χ1n) is 6.17. The Labute approximate surface area is 117 Å². The zero-order chi connectivity index (χ0) is 13.7. The molecular formula is C16H16O2S. The molecule has 0 radical (unpaired) electrons. The molecule has 0 amide bonds. The average molecular weight is 272 g/mol. The van der Waals surface area contributed by atoms with Crippen molar-refractivity contribution in [3.8, 4) is 11.1 Å². The number of thioether (sulfide) groups is 1. The number of hydrogen-bond acceptors (Lipinski definition) is 3. The van der Waals surface area contributed by atoms with Crippen LogP contribution in [-0.2, 0) is 4.74 Å². The second kappa shape index (κ2) is 6.43. The maximum atomic E-state index is 11.9. The lowest BCUT2D eigenvalue weighted by Gasteiger charge is -2.09. The molecule has 3 heteroatoms. The van der Waals surface area contributed by atoms with Crippen molar-refractivity contribution in [2.24, 2.45) is 0 Å². The second-order valence-electron chi connectivity index (χ2n) is 3.99. The summed E-state index contributed by atoms with van der Waals surface area (Å²) in [5, 5.41) is 0. The van der Waals surface area contributed by atoms with E-state index in [-0.39, 0.29) is 5.97 Å². The van der Waals surface area contributed by atoms with Gasteiger partial charge in [-0.05, 0) is 42.5 Å². The Morgan fingerprint density at radius 1 is 1.11 bits per heavy atom. The van der Waals surface area contributed by atoms with Gasteiger partial charge in [-0.25, -0.2) is 4.79 Å². The Morgan fingerprint density at radius 2 is 1.79 bits per heavy atom. The number of hydrogen-bond donors (Lipinski definition) is 0. The molecule has 98 valence electrons. The van der Waals surface area contributed by atoms with Crippen LogP contribution in [0.4, 0.5) is 0 Å². The third kappa shape index (κ3) is 3.18. The van der Waals surface area contributed by atoms with Gasteiger partial charge >= 0.3 is 5.97 Å². The molecule has 0 aliphatic heterocycles. The Kier molecular flexibility index (Phi) is 4.63. The van der Waals surface area contributed by atoms with E-state index in [9.17, 15) is 4.79 Å². The van der Waals surface area contributed by atoms with Crippen LogP contribution < -0.4 is 0 Å². The summed E-state index contributed by atoms with van der Waals surface area (Å²) < 4.78 is 5.09. The minimum absolute atomic E-state index is 0.271. The molecule has 0 fully saturated rings. The van der Waals surface area contributed by atoms with E-state index in [4.69, 9.17) is 4.74 Å². The van der Waals surface area contributed by atoms with Crippen molar-refractivity contribution in [3.05, 3.63) is 54.1 Å². The quantitative estimate of drug-likeness (QED) is 0.614. The van der Waals surface area contributed by atoms with Crippen LogP contribution in [0.3, 0.4) is 0 Å². The van der Waals surface area contributed by atoms with E-state index in [2.05, 4.69) is 12.1 Å². The number of ether oxygens (including phenoxy) is 1. The molecule has 0 saturated carbocycles. The van der Waals surface area contributed by atoms with Crippen LogP contribution in [0.25, 0.3) is 11.1 Å². The highest BCUT2D eigenvalue weighted by Gasteiger charge is 2.12. The molecule has 2 aromatic rings. The van der Waals surface area contributed by atoms with Crippen molar-refractivity contribution in [1.29, 1.82) is 0 Å². The zero-order valence-corrected chi connectivity index (χ0v) is 11.9. The van der Waals surface area contributed by atoms with Gasteiger partial charge in [0, 0.05) is 4.90 Å². The van der Waals surface area contributed by atoms with E-state index >= 15 is 0 Å². The molecular weight excluding hydrogens is 256 g/mol. The van der Waals surface area contributed by atoms with E-state index in [1.807, 2.05) is 43.5 Å². The van der Waals surface area contributed by atoms with Crippen molar-refractivity contribution in [2.75, 3.05) is 12.9 Å². The molecule has 0 N–H and O–H groups in total. The third-order valence-electron chi connectivity index (χ3n) is 2.82. The molecule has 2 rings (SSSR count). The van der Waals surface area contributed by atoms with E-state index in [1.54, 1.807) is 17.8 Å². The Morgan fingerprint density at radius 3 is 2.42 bits per heavy atom. The number of rotatable bonds is 4. The predicted molar refractivity (Wildman–Crippen MR) is 79.6 cm³/mol. The lowest BCUT2D eigenvalue weighted by Crippen LogP contribution is -2.06. The van der Waals surface area contributed by atoms with E-state index in [0.29, 0.717) is 12.2 Å². The van der Waals surface area contributed by atoms with Gasteiger partial charge in [0.1, 0.15) is 0 Å². The van der Waals surface area contributed by atoms with Gasteiger partial charge in [-0.1, -0.05) is 30.3 Å². The molecule has 0 saturated heterocycles. The van der Waals surface area contributed by atoms with Crippen LogP contribution in [0.2, 0.25) is 0 Å². The molecule has 0 heterocycles. The summed E-state index contributed by atoms with van der Waals surface area (Å²) >= 11 is 1.70. The molecule has 0 atom stereocenters. The van der Waals surface area contributed by atoms with Crippen molar-refractivity contribution >= 4 is 17.7 Å². The molecule has 0 spiro atoms. The lowest BCUT2D eigenvalue weighted by atomic mass is 10.00. The largest absolute Gasteiger partial charge is 0.462 e. The normalized spacial score (nSPS) is 10.2. The Balaban J connectivity index is 2.40. The topological polar surface area (TPSA) is 26.3 Å². The highest BCUT2D eigenvalue weighted by molar-refractivity contribution is 7.98. The third-order valence-corrected chi connectivity index (χ3v) is 3.57. The van der Waals surface area contributed by atoms with Gasteiger partial charge < -0.3 is 4.74 Å². The fourth-order valence-electron chi connectivity index (χ4n) is 1.89. The number of esters is 1. The Bertz CT molecular complexity index is 561. The van der Waals surface area contributed by atoms with Crippen LogP contribution >= 0.6 is 11.8 Å². The molecule has 0 bridgehead atoms. The van der Waals surface area contributed by atoms with E-state index in [0.717, 1.165) is 11.1 Å². The standard InChI is InChI=1S/C16H16O2S/c1-3-18-16(17)15-7-5-4-6-14(15)12-8-10-13(19-2)11-9-12/h4-11H,3H2,1-2H3. The summed E-state index contributed by atoms with van der Waals surface area (Å²) in [5.74, 6) is -0.271. The number of benzene rings is 2. The molecule has 0 unspecified atom stereocenters. The number of carbonyl (C=O) groups is 1. The van der Waals surface area contributed by atoms with Crippen molar-refractivity contribution < 1.29 is 9.53 Å². The smallest absolute Gasteiger partial charge is 0.338 e. The summed E-state index contributed by atoms with van der Waals surface area (Å²) in [4.78, 5) is 13.1. The van der Waals surface area contributed by atoms with Crippen LogP contribution in [-0.4, -0.2) is 18.8 Å². The van der Waals surface area contributed by atoms with Crippen molar-refractivity contribution in [3.63, 3.8) is 0 Å². The molecule has 0 aromatic heterocycles. The average Bonchev–Trinajstić information content (AvgIpc) is 2.47. The first-order chi connectivity index (χ1) is 9.26. The van der Waals surface area contributed by atoms with Gasteiger partial charge in [0.25, 0.3) is 0 Å². The molecule has 0 aliphatic carbocycles. The molecule has 19 heavy (non-hydrogen) atoms. The van der Waals surface area contributed by atoms with E-state index < -0.39 is 0 Å². The van der Waals surface area contributed by atoms with Gasteiger partial charge in [-0.3, -0.25) is 0 Å². The first-order valence-corrected chi connectivity index (χ1v) is 7.39. The molecule has 0 aliphatic rings. The summed E-state index contributed by atoms with van der Waals surface area (Å²) in [5.41, 5.74) is 2.55. The predicted octanol–water partition coefficient (Wildman–Crippen LogP) is 4.25. The molecule has 2 nitrogen and oxygen atoms in total. The SMILES string of the molecule is CCOC(=O)c1ccccc1-c1ccc(SC)cc1. The van der Waals surface area contributed by atoms with E-state index in [1.165, 1.54) is 4.90 Å². The Hall–Kier alpha value is -1.74. The summed E-state index contributed by atoms with van der Waals surface area (Å²) in [6.07, 6.45) is 2.04. The molecule has 2 aromatic carbocycles. The minimum atomic E-state index is -0.271. The van der Waals surface area contributed by atoms with Crippen LogP contribution in [0.1, 0.15) is 17.3 Å². The maximum absolute atomic E-state index is 11.9. The first kappa shape index (κ1) is 13.7. The van der Waals surface area contributed by atoms with Crippen molar-refractivity contribution in [1.82, 2.24) is 0 Å². The second-order valence-corrected chi connectivity index (χ2v) is 4.87.